The van der Waals surface area contributed by atoms with Crippen LogP contribution >= 0.6 is 0 Å². The number of nitrogens with one attached hydrogen (secondary N) is 1. The van der Waals surface area contributed by atoms with Crippen LogP contribution in [-0.2, 0) is 0 Å². The van der Waals surface area contributed by atoms with E-state index in [0.717, 1.165) is 17.8 Å². The third-order valence-corrected chi connectivity index (χ3v) is 4.05. The van der Waals surface area contributed by atoms with Crippen LogP contribution in [-0.4, -0.2) is 10.9 Å². The molecule has 0 saturated carbocycles. The quantitative estimate of drug-likeness (QED) is 0.314. The number of carbonyl (C=O) groups excluding carboxylic acids is 1. The van der Waals surface area contributed by atoms with Gasteiger partial charge in [-0.15, -0.1) is 0 Å². The van der Waals surface area contributed by atoms with E-state index in [1.165, 1.54) is 38.5 Å². The summed E-state index contributed by atoms with van der Waals surface area (Å²) >= 11 is 0. The predicted molar refractivity (Wildman–Crippen MR) is 87.0 cm³/mol. The molecule has 4 heteroatoms. The highest BCUT2D eigenvalue weighted by atomic mass is 16.2. The van der Waals surface area contributed by atoms with E-state index >= 15 is 0 Å². The van der Waals surface area contributed by atoms with Crippen LogP contribution < -0.4 is 11.3 Å². The number of pyridine rings is 1. The highest BCUT2D eigenvalue weighted by Gasteiger charge is 2.14. The van der Waals surface area contributed by atoms with Gasteiger partial charge >= 0.3 is 0 Å². The molecule has 1 aromatic rings. The van der Waals surface area contributed by atoms with Crippen molar-refractivity contribution in [2.24, 2.45) is 5.84 Å². The molecule has 1 heterocycles. The smallest absolute Gasteiger partial charge is 0.267 e. The van der Waals surface area contributed by atoms with Gasteiger partial charge in [0.25, 0.3) is 5.91 Å². The zero-order valence-corrected chi connectivity index (χ0v) is 13.6. The average Bonchev–Trinajstić information content (AvgIpc) is 2.50. The molecule has 0 radical (unpaired) electrons. The van der Waals surface area contributed by atoms with Crippen molar-refractivity contribution >= 4 is 5.91 Å². The number of aromatic nitrogens is 1. The second-order valence-electron chi connectivity index (χ2n) is 5.65. The van der Waals surface area contributed by atoms with Crippen molar-refractivity contribution in [2.75, 3.05) is 0 Å². The maximum Gasteiger partial charge on any atom is 0.267 e. The molecule has 0 aliphatic carbocycles. The molecule has 0 saturated heterocycles. The number of aryl methyl sites for hydroxylation is 1. The standard InChI is InChI=1S/C17H29N3O/c1-4-6-7-8-9-10-14(5-2)16-12-11-15(13(3)19-16)17(21)20-18/h11-12,14H,4-10,18H2,1-3H3,(H,20,21). The van der Waals surface area contributed by atoms with E-state index in [2.05, 4.69) is 24.3 Å². The normalized spacial score (nSPS) is 12.2. The van der Waals surface area contributed by atoms with Crippen molar-refractivity contribution in [1.29, 1.82) is 0 Å². The molecule has 1 aromatic heterocycles. The molecule has 1 unspecified atom stereocenters. The summed E-state index contributed by atoms with van der Waals surface area (Å²) in [6.07, 6.45) is 8.76. The molecule has 0 aromatic carbocycles. The van der Waals surface area contributed by atoms with Crippen molar-refractivity contribution in [3.05, 3.63) is 29.1 Å². The zero-order valence-electron chi connectivity index (χ0n) is 13.6. The molecule has 21 heavy (non-hydrogen) atoms. The largest absolute Gasteiger partial charge is 0.290 e. The first-order valence-corrected chi connectivity index (χ1v) is 8.12. The number of hydrazine groups is 1. The topological polar surface area (TPSA) is 68.0 Å². The number of amides is 1. The molecular weight excluding hydrogens is 262 g/mol. The summed E-state index contributed by atoms with van der Waals surface area (Å²) < 4.78 is 0. The summed E-state index contributed by atoms with van der Waals surface area (Å²) in [6.45, 7) is 6.30. The number of nitrogens with two attached hydrogens (primary N) is 1. The third kappa shape index (κ3) is 5.46. The molecule has 118 valence electrons. The first-order valence-electron chi connectivity index (χ1n) is 8.12. The van der Waals surface area contributed by atoms with Crippen molar-refractivity contribution in [3.63, 3.8) is 0 Å². The van der Waals surface area contributed by atoms with Gasteiger partial charge in [-0.25, -0.2) is 5.84 Å². The van der Waals surface area contributed by atoms with E-state index in [1.54, 1.807) is 0 Å². The fourth-order valence-corrected chi connectivity index (χ4v) is 2.68. The minimum Gasteiger partial charge on any atom is -0.290 e. The lowest BCUT2D eigenvalue weighted by molar-refractivity contribution is 0.0952. The third-order valence-electron chi connectivity index (χ3n) is 4.05. The van der Waals surface area contributed by atoms with Crippen LogP contribution in [0.1, 0.15) is 86.5 Å². The maximum atomic E-state index is 11.6. The van der Waals surface area contributed by atoms with Crippen LogP contribution in [0, 0.1) is 6.92 Å². The monoisotopic (exact) mass is 291 g/mol. The molecule has 1 amide bonds. The lowest BCUT2D eigenvalue weighted by Gasteiger charge is -2.16. The van der Waals surface area contributed by atoms with E-state index < -0.39 is 0 Å². The number of rotatable bonds is 9. The highest BCUT2D eigenvalue weighted by molar-refractivity contribution is 5.94. The first-order chi connectivity index (χ1) is 10.1. The number of nitrogens with zero attached hydrogens (tertiary/aromatic N) is 1. The molecule has 1 atom stereocenters. The van der Waals surface area contributed by atoms with Crippen LogP contribution in [0.15, 0.2) is 12.1 Å². The summed E-state index contributed by atoms with van der Waals surface area (Å²) in [5.41, 5.74) is 4.56. The lowest BCUT2D eigenvalue weighted by atomic mass is 9.93. The van der Waals surface area contributed by atoms with Crippen molar-refractivity contribution in [3.8, 4) is 0 Å². The molecule has 0 aliphatic heterocycles. The van der Waals surface area contributed by atoms with Crippen LogP contribution in [0.25, 0.3) is 0 Å². The Morgan fingerprint density at radius 2 is 1.95 bits per heavy atom. The van der Waals surface area contributed by atoms with Crippen molar-refractivity contribution in [1.82, 2.24) is 10.4 Å². The van der Waals surface area contributed by atoms with E-state index in [9.17, 15) is 4.79 Å². The molecular formula is C17H29N3O. The highest BCUT2D eigenvalue weighted by Crippen LogP contribution is 2.25. The Morgan fingerprint density at radius 1 is 1.24 bits per heavy atom. The molecule has 0 fully saturated rings. The number of hydrogen-bond acceptors (Lipinski definition) is 3. The minimum atomic E-state index is -0.279. The molecule has 1 rings (SSSR count). The Morgan fingerprint density at radius 3 is 2.52 bits per heavy atom. The molecule has 3 N–H and O–H groups in total. The second kappa shape index (κ2) is 9.50. The predicted octanol–water partition coefficient (Wildman–Crippen LogP) is 3.85. The number of unbranched alkanes of at least 4 members (excludes halogenated alkanes) is 4. The number of hydrogen-bond donors (Lipinski definition) is 2. The van der Waals surface area contributed by atoms with E-state index in [4.69, 9.17) is 5.84 Å². The SMILES string of the molecule is CCCCCCCC(CC)c1ccc(C(=O)NN)c(C)n1. The molecule has 0 aliphatic rings. The van der Waals surface area contributed by atoms with E-state index in [0.29, 0.717) is 11.5 Å². The van der Waals surface area contributed by atoms with Gasteiger partial charge in [-0.05, 0) is 31.9 Å². The molecule has 0 spiro atoms. The Balaban J connectivity index is 2.64. The first kappa shape index (κ1) is 17.6. The average molecular weight is 291 g/mol. The van der Waals surface area contributed by atoms with Gasteiger partial charge in [0.1, 0.15) is 0 Å². The fraction of sp³-hybridized carbons (Fsp3) is 0.647. The molecule has 4 nitrogen and oxygen atoms in total. The molecule has 0 bridgehead atoms. The minimum absolute atomic E-state index is 0.279. The fourth-order valence-electron chi connectivity index (χ4n) is 2.68. The summed E-state index contributed by atoms with van der Waals surface area (Å²) in [6, 6.07) is 3.80. The van der Waals surface area contributed by atoms with Crippen LogP contribution in [0.4, 0.5) is 0 Å². The van der Waals surface area contributed by atoms with Gasteiger partial charge in [0.15, 0.2) is 0 Å². The Labute approximate surface area is 128 Å². The zero-order chi connectivity index (χ0) is 15.7. The van der Waals surface area contributed by atoms with E-state index in [-0.39, 0.29) is 5.91 Å². The van der Waals surface area contributed by atoms with Gasteiger partial charge < -0.3 is 0 Å². The van der Waals surface area contributed by atoms with E-state index in [1.807, 2.05) is 19.1 Å². The van der Waals surface area contributed by atoms with Gasteiger partial charge in [-0.1, -0.05) is 46.0 Å². The summed E-state index contributed by atoms with van der Waals surface area (Å²) in [4.78, 5) is 16.2. The van der Waals surface area contributed by atoms with Crippen LogP contribution in [0.2, 0.25) is 0 Å². The maximum absolute atomic E-state index is 11.6. The summed E-state index contributed by atoms with van der Waals surface area (Å²) in [5, 5.41) is 0. The van der Waals surface area contributed by atoms with Crippen LogP contribution in [0.3, 0.4) is 0 Å². The van der Waals surface area contributed by atoms with Gasteiger partial charge in [0.2, 0.25) is 0 Å². The number of carbonyl (C=O) groups is 1. The lowest BCUT2D eigenvalue weighted by Crippen LogP contribution is -2.30. The second-order valence-corrected chi connectivity index (χ2v) is 5.65. The van der Waals surface area contributed by atoms with Crippen molar-refractivity contribution < 1.29 is 4.79 Å². The summed E-state index contributed by atoms with van der Waals surface area (Å²) in [5.74, 6) is 5.38. The Hall–Kier alpha value is -1.42. The van der Waals surface area contributed by atoms with Gasteiger partial charge in [0.05, 0.1) is 11.3 Å². The van der Waals surface area contributed by atoms with Gasteiger partial charge in [0, 0.05) is 11.6 Å². The van der Waals surface area contributed by atoms with Gasteiger partial charge in [-0.2, -0.15) is 0 Å². The van der Waals surface area contributed by atoms with Crippen LogP contribution in [0.5, 0.6) is 0 Å². The Kier molecular flexibility index (Phi) is 7.98. The number of nitrogen functional groups attached to an aromatic ring is 1. The Bertz CT molecular complexity index is 446. The van der Waals surface area contributed by atoms with Crippen molar-refractivity contribution in [2.45, 2.75) is 71.6 Å². The van der Waals surface area contributed by atoms with Gasteiger partial charge in [-0.3, -0.25) is 15.2 Å². The summed E-state index contributed by atoms with van der Waals surface area (Å²) in [7, 11) is 0.